The first-order valence-electron chi connectivity index (χ1n) is 7.51. The van der Waals surface area contributed by atoms with Crippen molar-refractivity contribution < 1.29 is 14.3 Å². The minimum absolute atomic E-state index is 0. The van der Waals surface area contributed by atoms with Gasteiger partial charge in [0.25, 0.3) is 0 Å². The molecule has 1 aromatic carbocycles. The zero-order valence-electron chi connectivity index (χ0n) is 14.0. The van der Waals surface area contributed by atoms with Gasteiger partial charge in [-0.1, -0.05) is 0 Å². The summed E-state index contributed by atoms with van der Waals surface area (Å²) in [5, 5.41) is 16.3. The van der Waals surface area contributed by atoms with Crippen LogP contribution in [0.4, 0.5) is 15.8 Å². The highest BCUT2D eigenvalue weighted by Gasteiger charge is 2.23. The number of hydrogen-bond acceptors (Lipinski definition) is 4. The van der Waals surface area contributed by atoms with E-state index < -0.39 is 5.97 Å². The number of carboxylic acids is 1. The van der Waals surface area contributed by atoms with Gasteiger partial charge in [-0.2, -0.15) is 5.10 Å². The summed E-state index contributed by atoms with van der Waals surface area (Å²) in [6.07, 6.45) is 0. The Morgan fingerprint density at radius 2 is 1.76 bits per heavy atom. The van der Waals surface area contributed by atoms with Crippen LogP contribution in [0.2, 0.25) is 0 Å². The van der Waals surface area contributed by atoms with Crippen molar-refractivity contribution in [1.29, 1.82) is 0 Å². The van der Waals surface area contributed by atoms with Crippen LogP contribution >= 0.6 is 24.8 Å². The Kier molecular flexibility index (Phi) is 7.07. The molecule has 1 aliphatic rings. The second-order valence-corrected chi connectivity index (χ2v) is 5.73. The maximum atomic E-state index is 14.1. The Morgan fingerprint density at radius 3 is 2.28 bits per heavy atom. The highest BCUT2D eigenvalue weighted by molar-refractivity contribution is 5.89. The fourth-order valence-electron chi connectivity index (χ4n) is 3.07. The van der Waals surface area contributed by atoms with E-state index in [1.165, 1.54) is 18.2 Å². The van der Waals surface area contributed by atoms with Gasteiger partial charge in [0.15, 0.2) is 0 Å². The number of aryl methyl sites for hydroxylation is 2. The molecule has 1 fully saturated rings. The Labute approximate surface area is 157 Å². The Bertz CT molecular complexity index is 726. The molecule has 0 bridgehead atoms. The fraction of sp³-hybridized carbons (Fsp3) is 0.375. The number of anilines is 2. The third-order valence-corrected chi connectivity index (χ3v) is 4.22. The van der Waals surface area contributed by atoms with Crippen LogP contribution in [-0.2, 0) is 0 Å². The molecule has 2 heterocycles. The summed E-state index contributed by atoms with van der Waals surface area (Å²) in [5.74, 6) is -1.44. The van der Waals surface area contributed by atoms with Gasteiger partial charge in [-0.05, 0) is 32.0 Å². The van der Waals surface area contributed by atoms with E-state index in [0.717, 1.165) is 30.2 Å². The highest BCUT2D eigenvalue weighted by Crippen LogP contribution is 2.27. The fourth-order valence-corrected chi connectivity index (χ4v) is 3.07. The van der Waals surface area contributed by atoms with E-state index in [0.29, 0.717) is 18.8 Å². The first-order chi connectivity index (χ1) is 11.0. The van der Waals surface area contributed by atoms with Gasteiger partial charge >= 0.3 is 5.97 Å². The number of H-pyrrole nitrogens is 1. The van der Waals surface area contributed by atoms with E-state index in [-0.39, 0.29) is 36.2 Å². The molecule has 1 aliphatic heterocycles. The molecular weight excluding hydrogens is 370 g/mol. The molecule has 0 unspecified atom stereocenters. The number of hydrogen-bond donors (Lipinski definition) is 2. The second kappa shape index (κ2) is 8.40. The van der Waals surface area contributed by atoms with Gasteiger partial charge in [-0.15, -0.1) is 24.8 Å². The van der Waals surface area contributed by atoms with Crippen molar-refractivity contribution in [1.82, 2.24) is 10.2 Å². The van der Waals surface area contributed by atoms with Crippen molar-refractivity contribution in [3.8, 4) is 0 Å². The summed E-state index contributed by atoms with van der Waals surface area (Å²) in [4.78, 5) is 15.2. The van der Waals surface area contributed by atoms with Crippen molar-refractivity contribution in [3.63, 3.8) is 0 Å². The van der Waals surface area contributed by atoms with E-state index in [1.54, 1.807) is 0 Å². The second-order valence-electron chi connectivity index (χ2n) is 5.73. The Morgan fingerprint density at radius 1 is 1.16 bits per heavy atom. The van der Waals surface area contributed by atoms with Gasteiger partial charge in [-0.3, -0.25) is 5.10 Å². The van der Waals surface area contributed by atoms with Crippen LogP contribution in [0.3, 0.4) is 0 Å². The Hall–Kier alpha value is -1.99. The smallest absolute Gasteiger partial charge is 0.335 e. The van der Waals surface area contributed by atoms with Crippen LogP contribution in [0.5, 0.6) is 0 Å². The van der Waals surface area contributed by atoms with E-state index >= 15 is 0 Å². The number of benzene rings is 1. The monoisotopic (exact) mass is 390 g/mol. The Balaban J connectivity index is 0.00000156. The molecule has 25 heavy (non-hydrogen) atoms. The van der Waals surface area contributed by atoms with Crippen LogP contribution in [0.25, 0.3) is 0 Å². The first kappa shape index (κ1) is 21.1. The SMILES string of the molecule is Cc1n[nH]c(C)c1N1CCN(c2cc(C(=O)O)ccc2F)CC1.Cl.Cl. The zero-order chi connectivity index (χ0) is 16.6. The molecule has 2 N–H and O–H groups in total. The summed E-state index contributed by atoms with van der Waals surface area (Å²) >= 11 is 0. The third kappa shape index (κ3) is 4.16. The van der Waals surface area contributed by atoms with Crippen molar-refractivity contribution in [2.45, 2.75) is 13.8 Å². The van der Waals surface area contributed by atoms with E-state index in [9.17, 15) is 9.18 Å². The normalized spacial score (nSPS) is 13.9. The quantitative estimate of drug-likeness (QED) is 0.842. The van der Waals surface area contributed by atoms with Gasteiger partial charge < -0.3 is 14.9 Å². The van der Waals surface area contributed by atoms with Crippen LogP contribution in [-0.4, -0.2) is 47.5 Å². The van der Waals surface area contributed by atoms with Crippen LogP contribution in [0, 0.1) is 19.7 Å². The number of halogens is 3. The number of piperazine rings is 1. The predicted molar refractivity (Wildman–Crippen MR) is 100 cm³/mol. The average Bonchev–Trinajstić information content (AvgIpc) is 2.87. The summed E-state index contributed by atoms with van der Waals surface area (Å²) in [6.45, 7) is 6.67. The maximum absolute atomic E-state index is 14.1. The lowest BCUT2D eigenvalue weighted by molar-refractivity contribution is 0.0697. The molecule has 0 spiro atoms. The van der Waals surface area contributed by atoms with E-state index in [1.807, 2.05) is 18.7 Å². The van der Waals surface area contributed by atoms with Crippen molar-refractivity contribution in [2.75, 3.05) is 36.0 Å². The van der Waals surface area contributed by atoms with E-state index in [2.05, 4.69) is 15.1 Å². The van der Waals surface area contributed by atoms with Crippen LogP contribution in [0.15, 0.2) is 18.2 Å². The molecule has 0 aliphatic carbocycles. The van der Waals surface area contributed by atoms with Crippen molar-refractivity contribution in [3.05, 3.63) is 41.0 Å². The zero-order valence-corrected chi connectivity index (χ0v) is 15.6. The number of carboxylic acid groups (broad SMARTS) is 1. The summed E-state index contributed by atoms with van der Waals surface area (Å²) < 4.78 is 14.1. The van der Waals surface area contributed by atoms with E-state index in [4.69, 9.17) is 5.11 Å². The van der Waals surface area contributed by atoms with Gasteiger partial charge in [-0.25, -0.2) is 9.18 Å². The summed E-state index contributed by atoms with van der Waals surface area (Å²) in [5.41, 5.74) is 3.53. The number of rotatable bonds is 3. The molecule has 6 nitrogen and oxygen atoms in total. The maximum Gasteiger partial charge on any atom is 0.335 e. The highest BCUT2D eigenvalue weighted by atomic mass is 35.5. The first-order valence-corrected chi connectivity index (χ1v) is 7.51. The molecule has 138 valence electrons. The lowest BCUT2D eigenvalue weighted by Crippen LogP contribution is -2.47. The molecule has 0 amide bonds. The van der Waals surface area contributed by atoms with Crippen LogP contribution < -0.4 is 9.80 Å². The molecular formula is C16H21Cl2FN4O2. The number of carbonyl (C=O) groups is 1. The predicted octanol–water partition coefficient (Wildman–Crippen LogP) is 3.03. The average molecular weight is 391 g/mol. The largest absolute Gasteiger partial charge is 0.478 e. The van der Waals surface area contributed by atoms with Gasteiger partial charge in [0.05, 0.1) is 28.3 Å². The van der Waals surface area contributed by atoms with Crippen molar-refractivity contribution in [2.24, 2.45) is 0 Å². The lowest BCUT2D eigenvalue weighted by atomic mass is 10.1. The van der Waals surface area contributed by atoms with Gasteiger partial charge in [0.2, 0.25) is 0 Å². The summed E-state index contributed by atoms with van der Waals surface area (Å²) in [7, 11) is 0. The molecule has 0 saturated carbocycles. The third-order valence-electron chi connectivity index (χ3n) is 4.22. The molecule has 2 aromatic rings. The molecule has 9 heteroatoms. The molecule has 0 atom stereocenters. The van der Waals surface area contributed by atoms with Gasteiger partial charge in [0, 0.05) is 26.2 Å². The van der Waals surface area contributed by atoms with Crippen molar-refractivity contribution >= 4 is 42.2 Å². The number of nitrogens with zero attached hydrogens (tertiary/aromatic N) is 3. The molecule has 1 aromatic heterocycles. The number of aromatic amines is 1. The number of nitrogens with one attached hydrogen (secondary N) is 1. The molecule has 1 saturated heterocycles. The standard InChI is InChI=1S/C16H19FN4O2.2ClH/c1-10-15(11(2)19-18-10)21-7-5-20(6-8-21)14-9-12(16(22)23)3-4-13(14)17;;/h3-4,9H,5-8H2,1-2H3,(H,18,19)(H,22,23);2*1H. The van der Waals surface area contributed by atoms with Crippen LogP contribution in [0.1, 0.15) is 21.7 Å². The lowest BCUT2D eigenvalue weighted by Gasteiger charge is -2.37. The number of aromatic nitrogens is 2. The molecule has 3 rings (SSSR count). The topological polar surface area (TPSA) is 72.5 Å². The minimum atomic E-state index is -1.05. The minimum Gasteiger partial charge on any atom is -0.478 e. The summed E-state index contributed by atoms with van der Waals surface area (Å²) in [6, 6.07) is 3.91. The molecule has 0 radical (unpaired) electrons. The van der Waals surface area contributed by atoms with Gasteiger partial charge in [0.1, 0.15) is 5.82 Å². The number of aromatic carboxylic acids is 1.